The molecule has 2 aromatic carbocycles. The van der Waals surface area contributed by atoms with Crippen LogP contribution >= 0.6 is 0 Å². The third-order valence-electron chi connectivity index (χ3n) is 3.43. The fraction of sp³-hybridized carbons (Fsp3) is 0.294. The van der Waals surface area contributed by atoms with E-state index in [-0.39, 0.29) is 11.9 Å². The van der Waals surface area contributed by atoms with Gasteiger partial charge in [-0.15, -0.1) is 0 Å². The van der Waals surface area contributed by atoms with Gasteiger partial charge in [0.15, 0.2) is 0 Å². The molecule has 21 heavy (non-hydrogen) atoms. The van der Waals surface area contributed by atoms with Crippen LogP contribution in [0, 0.1) is 5.82 Å². The first-order valence-electron chi connectivity index (χ1n) is 6.83. The lowest BCUT2D eigenvalue weighted by Gasteiger charge is -2.16. The fourth-order valence-electron chi connectivity index (χ4n) is 2.18. The van der Waals surface area contributed by atoms with Crippen LogP contribution in [0.3, 0.4) is 0 Å². The van der Waals surface area contributed by atoms with Gasteiger partial charge in [0.1, 0.15) is 17.3 Å². The molecule has 112 valence electrons. The quantitative estimate of drug-likeness (QED) is 0.879. The van der Waals surface area contributed by atoms with Crippen LogP contribution in [0.25, 0.3) is 0 Å². The highest BCUT2D eigenvalue weighted by Gasteiger charge is 2.09. The number of halogens is 1. The van der Waals surface area contributed by atoms with Crippen LogP contribution < -0.4 is 14.8 Å². The maximum absolute atomic E-state index is 13.2. The summed E-state index contributed by atoms with van der Waals surface area (Å²) < 4.78 is 23.8. The van der Waals surface area contributed by atoms with E-state index in [4.69, 9.17) is 9.47 Å². The average molecular weight is 289 g/mol. The van der Waals surface area contributed by atoms with Gasteiger partial charge in [0.05, 0.1) is 14.2 Å². The molecule has 0 saturated heterocycles. The summed E-state index contributed by atoms with van der Waals surface area (Å²) in [6.07, 6.45) is 0. The Hall–Kier alpha value is -2.07. The molecule has 0 fully saturated rings. The average Bonchev–Trinajstić information content (AvgIpc) is 2.52. The number of rotatable bonds is 6. The molecule has 0 radical (unpaired) electrons. The maximum Gasteiger partial charge on any atom is 0.123 e. The molecule has 0 aliphatic rings. The molecule has 0 aliphatic heterocycles. The standard InChI is InChI=1S/C17H20FNO2/c1-12(13-5-4-6-15(18)9-13)19-11-14-10-16(20-2)7-8-17(14)21-3/h4-10,12,19H,11H2,1-3H3/t12-/m0/s1. The van der Waals surface area contributed by atoms with E-state index >= 15 is 0 Å². The van der Waals surface area contributed by atoms with E-state index in [0.29, 0.717) is 6.54 Å². The first-order valence-corrected chi connectivity index (χ1v) is 6.83. The lowest BCUT2D eigenvalue weighted by molar-refractivity contribution is 0.395. The number of benzene rings is 2. The minimum atomic E-state index is -0.222. The number of hydrogen-bond acceptors (Lipinski definition) is 3. The summed E-state index contributed by atoms with van der Waals surface area (Å²) in [5, 5.41) is 3.37. The van der Waals surface area contributed by atoms with Gasteiger partial charge in [0.25, 0.3) is 0 Å². The molecule has 0 spiro atoms. The molecule has 1 atom stereocenters. The van der Waals surface area contributed by atoms with E-state index in [1.54, 1.807) is 26.4 Å². The maximum atomic E-state index is 13.2. The number of ether oxygens (including phenoxy) is 2. The Morgan fingerprint density at radius 2 is 1.90 bits per heavy atom. The summed E-state index contributed by atoms with van der Waals surface area (Å²) in [6, 6.07) is 12.3. The molecule has 2 aromatic rings. The summed E-state index contributed by atoms with van der Waals surface area (Å²) in [4.78, 5) is 0. The van der Waals surface area contributed by atoms with Crippen molar-refractivity contribution in [1.82, 2.24) is 5.32 Å². The molecule has 0 aromatic heterocycles. The van der Waals surface area contributed by atoms with Crippen LogP contribution in [0.5, 0.6) is 11.5 Å². The van der Waals surface area contributed by atoms with Crippen molar-refractivity contribution in [3.8, 4) is 11.5 Å². The lowest BCUT2D eigenvalue weighted by Crippen LogP contribution is -2.18. The second-order valence-corrected chi connectivity index (χ2v) is 4.84. The zero-order valence-corrected chi connectivity index (χ0v) is 12.5. The molecule has 0 bridgehead atoms. The minimum absolute atomic E-state index is 0.0385. The van der Waals surface area contributed by atoms with E-state index in [9.17, 15) is 4.39 Å². The summed E-state index contributed by atoms with van der Waals surface area (Å²) >= 11 is 0. The molecular weight excluding hydrogens is 269 g/mol. The summed E-state index contributed by atoms with van der Waals surface area (Å²) in [5.41, 5.74) is 1.91. The van der Waals surface area contributed by atoms with Crippen LogP contribution in [-0.2, 0) is 6.54 Å². The van der Waals surface area contributed by atoms with Crippen molar-refractivity contribution < 1.29 is 13.9 Å². The summed E-state index contributed by atoms with van der Waals surface area (Å²) in [7, 11) is 3.27. The highest BCUT2D eigenvalue weighted by atomic mass is 19.1. The van der Waals surface area contributed by atoms with Gasteiger partial charge in [-0.05, 0) is 42.8 Å². The molecule has 0 aliphatic carbocycles. The van der Waals surface area contributed by atoms with Crippen molar-refractivity contribution in [3.63, 3.8) is 0 Å². The first-order chi connectivity index (χ1) is 10.1. The van der Waals surface area contributed by atoms with Gasteiger partial charge in [-0.2, -0.15) is 0 Å². The van der Waals surface area contributed by atoms with Crippen molar-refractivity contribution in [3.05, 3.63) is 59.4 Å². The molecule has 1 N–H and O–H groups in total. The molecule has 0 heterocycles. The monoisotopic (exact) mass is 289 g/mol. The van der Waals surface area contributed by atoms with Crippen LogP contribution in [0.2, 0.25) is 0 Å². The predicted octanol–water partition coefficient (Wildman–Crippen LogP) is 3.69. The Bertz CT molecular complexity index is 601. The molecule has 0 saturated carbocycles. The fourth-order valence-corrected chi connectivity index (χ4v) is 2.18. The molecule has 0 amide bonds. The number of hydrogen-bond donors (Lipinski definition) is 1. The Kier molecular flexibility index (Phi) is 5.17. The van der Waals surface area contributed by atoms with E-state index < -0.39 is 0 Å². The zero-order valence-electron chi connectivity index (χ0n) is 12.5. The topological polar surface area (TPSA) is 30.5 Å². The van der Waals surface area contributed by atoms with Crippen molar-refractivity contribution in [1.29, 1.82) is 0 Å². The van der Waals surface area contributed by atoms with Crippen molar-refractivity contribution in [2.75, 3.05) is 14.2 Å². The van der Waals surface area contributed by atoms with Crippen molar-refractivity contribution in [2.24, 2.45) is 0 Å². The van der Waals surface area contributed by atoms with Crippen LogP contribution in [0.4, 0.5) is 4.39 Å². The molecule has 4 heteroatoms. The number of nitrogens with one attached hydrogen (secondary N) is 1. The van der Waals surface area contributed by atoms with Gasteiger partial charge < -0.3 is 14.8 Å². The third kappa shape index (κ3) is 3.95. The smallest absolute Gasteiger partial charge is 0.123 e. The Balaban J connectivity index is 2.08. The van der Waals surface area contributed by atoms with Gasteiger partial charge in [0.2, 0.25) is 0 Å². The first kappa shape index (κ1) is 15.3. The highest BCUT2D eigenvalue weighted by Crippen LogP contribution is 2.24. The number of methoxy groups -OCH3 is 2. The summed E-state index contributed by atoms with van der Waals surface area (Å²) in [5.74, 6) is 1.36. The molecular formula is C17H20FNO2. The molecule has 2 rings (SSSR count). The van der Waals surface area contributed by atoms with E-state index in [1.807, 2.05) is 31.2 Å². The van der Waals surface area contributed by atoms with Crippen LogP contribution in [0.15, 0.2) is 42.5 Å². The largest absolute Gasteiger partial charge is 0.497 e. The van der Waals surface area contributed by atoms with Crippen molar-refractivity contribution in [2.45, 2.75) is 19.5 Å². The highest BCUT2D eigenvalue weighted by molar-refractivity contribution is 5.40. The lowest BCUT2D eigenvalue weighted by atomic mass is 10.1. The van der Waals surface area contributed by atoms with E-state index in [0.717, 1.165) is 22.6 Å². The molecule has 0 unspecified atom stereocenters. The second kappa shape index (κ2) is 7.09. The normalized spacial score (nSPS) is 12.0. The second-order valence-electron chi connectivity index (χ2n) is 4.84. The van der Waals surface area contributed by atoms with Gasteiger partial charge in [-0.1, -0.05) is 12.1 Å². The van der Waals surface area contributed by atoms with Gasteiger partial charge in [-0.25, -0.2) is 4.39 Å². The van der Waals surface area contributed by atoms with Gasteiger partial charge >= 0.3 is 0 Å². The van der Waals surface area contributed by atoms with Gasteiger partial charge in [0, 0.05) is 18.2 Å². The SMILES string of the molecule is COc1ccc(OC)c(CN[C@@H](C)c2cccc(F)c2)c1. The predicted molar refractivity (Wildman–Crippen MR) is 81.2 cm³/mol. The van der Waals surface area contributed by atoms with Crippen LogP contribution in [0.1, 0.15) is 24.1 Å². The van der Waals surface area contributed by atoms with E-state index in [2.05, 4.69) is 5.32 Å². The Labute approximate surface area is 124 Å². The summed E-state index contributed by atoms with van der Waals surface area (Å²) in [6.45, 7) is 2.61. The third-order valence-corrected chi connectivity index (χ3v) is 3.43. The van der Waals surface area contributed by atoms with Crippen molar-refractivity contribution >= 4 is 0 Å². The zero-order chi connectivity index (χ0) is 15.2. The molecule has 3 nitrogen and oxygen atoms in total. The van der Waals surface area contributed by atoms with E-state index in [1.165, 1.54) is 6.07 Å². The minimum Gasteiger partial charge on any atom is -0.497 e. The Morgan fingerprint density at radius 1 is 1.10 bits per heavy atom. The van der Waals surface area contributed by atoms with Crippen LogP contribution in [-0.4, -0.2) is 14.2 Å². The Morgan fingerprint density at radius 3 is 2.57 bits per heavy atom. The van der Waals surface area contributed by atoms with Gasteiger partial charge in [-0.3, -0.25) is 0 Å².